The first-order valence-electron chi connectivity index (χ1n) is 5.91. The van der Waals surface area contributed by atoms with Gasteiger partial charge in [-0.3, -0.25) is 4.79 Å². The largest absolute Gasteiger partial charge is 0.370 e. The summed E-state index contributed by atoms with van der Waals surface area (Å²) in [4.78, 5) is 15.3. The zero-order chi connectivity index (χ0) is 14.6. The number of nitrogens with one attached hydrogen (secondary N) is 2. The molecular formula is C12H18Cl2N4O. The number of halogens is 2. The average molecular weight is 305 g/mol. The zero-order valence-electron chi connectivity index (χ0n) is 11.2. The van der Waals surface area contributed by atoms with Crippen molar-refractivity contribution in [3.05, 3.63) is 16.1 Å². The lowest BCUT2D eigenvalue weighted by Gasteiger charge is -2.26. The maximum Gasteiger partial charge on any atom is 0.219 e. The molecule has 0 saturated carbocycles. The van der Waals surface area contributed by atoms with Crippen LogP contribution in [0.4, 0.5) is 11.6 Å². The number of rotatable bonds is 6. The number of nitrogens with zero attached hydrogens (tertiary/aromatic N) is 1. The van der Waals surface area contributed by atoms with E-state index in [1.807, 2.05) is 20.8 Å². The smallest absolute Gasteiger partial charge is 0.219 e. The molecule has 1 heterocycles. The Morgan fingerprint density at radius 1 is 1.37 bits per heavy atom. The number of hydrogen-bond donors (Lipinski definition) is 3. The van der Waals surface area contributed by atoms with Crippen LogP contribution in [0.15, 0.2) is 6.07 Å². The van der Waals surface area contributed by atoms with Gasteiger partial charge in [0.1, 0.15) is 11.6 Å². The number of carbonyl (C=O) groups is 1. The molecule has 0 unspecified atom stereocenters. The highest BCUT2D eigenvalue weighted by Gasteiger charge is 2.22. The molecule has 0 radical (unpaired) electrons. The van der Waals surface area contributed by atoms with Gasteiger partial charge in [0.15, 0.2) is 0 Å². The quantitative estimate of drug-likeness (QED) is 0.755. The van der Waals surface area contributed by atoms with Crippen LogP contribution in [0.5, 0.6) is 0 Å². The van der Waals surface area contributed by atoms with Crippen molar-refractivity contribution in [2.75, 3.05) is 17.2 Å². The standard InChI is InChI=1S/C12H18Cl2N4O/c1-4-16-10-7(13)5-8(14)11(17-10)18-12(2,3)6-9(15)19/h5H,4,6H2,1-3H3,(H2,15,19)(H2,16,17,18). The van der Waals surface area contributed by atoms with Crippen LogP contribution in [-0.4, -0.2) is 23.0 Å². The maximum atomic E-state index is 11.0. The van der Waals surface area contributed by atoms with Crippen LogP contribution in [0.2, 0.25) is 10.0 Å². The lowest BCUT2D eigenvalue weighted by molar-refractivity contribution is -0.118. The summed E-state index contributed by atoms with van der Waals surface area (Å²) in [5, 5.41) is 6.98. The summed E-state index contributed by atoms with van der Waals surface area (Å²) < 4.78 is 0. The molecule has 19 heavy (non-hydrogen) atoms. The van der Waals surface area contributed by atoms with E-state index in [1.165, 1.54) is 0 Å². The Kier molecular flexibility index (Phi) is 5.26. The lowest BCUT2D eigenvalue weighted by atomic mass is 10.0. The molecule has 0 aliphatic carbocycles. The fourth-order valence-electron chi connectivity index (χ4n) is 1.65. The van der Waals surface area contributed by atoms with Gasteiger partial charge in [-0.25, -0.2) is 4.98 Å². The summed E-state index contributed by atoms with van der Waals surface area (Å²) in [6.45, 7) is 6.32. The topological polar surface area (TPSA) is 80.0 Å². The van der Waals surface area contributed by atoms with Crippen molar-refractivity contribution in [2.45, 2.75) is 32.7 Å². The second kappa shape index (κ2) is 6.30. The van der Waals surface area contributed by atoms with E-state index in [4.69, 9.17) is 28.9 Å². The van der Waals surface area contributed by atoms with Crippen LogP contribution < -0.4 is 16.4 Å². The molecule has 7 heteroatoms. The summed E-state index contributed by atoms with van der Waals surface area (Å²) in [5.41, 5.74) is 4.66. The summed E-state index contributed by atoms with van der Waals surface area (Å²) >= 11 is 12.1. The number of pyridine rings is 1. The molecule has 5 nitrogen and oxygen atoms in total. The molecular weight excluding hydrogens is 287 g/mol. The SMILES string of the molecule is CCNc1nc(NC(C)(C)CC(N)=O)c(Cl)cc1Cl. The molecule has 1 rings (SSSR count). The lowest BCUT2D eigenvalue weighted by Crippen LogP contribution is -2.36. The highest BCUT2D eigenvalue weighted by molar-refractivity contribution is 6.37. The first-order chi connectivity index (χ1) is 8.75. The van der Waals surface area contributed by atoms with Crippen LogP contribution in [0.25, 0.3) is 0 Å². The van der Waals surface area contributed by atoms with Crippen LogP contribution in [-0.2, 0) is 4.79 Å². The molecule has 0 bridgehead atoms. The summed E-state index contributed by atoms with van der Waals surface area (Å²) in [7, 11) is 0. The van der Waals surface area contributed by atoms with E-state index in [9.17, 15) is 4.79 Å². The van der Waals surface area contributed by atoms with Crippen molar-refractivity contribution in [3.8, 4) is 0 Å². The molecule has 1 aromatic rings. The van der Waals surface area contributed by atoms with Crippen LogP contribution >= 0.6 is 23.2 Å². The van der Waals surface area contributed by atoms with Gasteiger partial charge in [-0.1, -0.05) is 23.2 Å². The van der Waals surface area contributed by atoms with E-state index in [0.717, 1.165) is 0 Å². The molecule has 0 spiro atoms. The van der Waals surface area contributed by atoms with E-state index >= 15 is 0 Å². The Morgan fingerprint density at radius 3 is 2.47 bits per heavy atom. The first-order valence-corrected chi connectivity index (χ1v) is 6.67. The van der Waals surface area contributed by atoms with Gasteiger partial charge in [-0.05, 0) is 26.8 Å². The molecule has 1 amide bonds. The predicted octanol–water partition coefficient (Wildman–Crippen LogP) is 2.89. The summed E-state index contributed by atoms with van der Waals surface area (Å²) in [6, 6.07) is 1.61. The van der Waals surface area contributed by atoms with E-state index in [1.54, 1.807) is 6.07 Å². The second-order valence-electron chi connectivity index (χ2n) is 4.83. The Balaban J connectivity index is 3.00. The molecule has 0 aromatic carbocycles. The van der Waals surface area contributed by atoms with E-state index < -0.39 is 11.4 Å². The van der Waals surface area contributed by atoms with Gasteiger partial charge in [0.05, 0.1) is 10.0 Å². The third-order valence-electron chi connectivity index (χ3n) is 2.35. The van der Waals surface area contributed by atoms with Crippen molar-refractivity contribution >= 4 is 40.7 Å². The molecule has 106 valence electrons. The van der Waals surface area contributed by atoms with Crippen LogP contribution in [0.3, 0.4) is 0 Å². The van der Waals surface area contributed by atoms with Crippen molar-refractivity contribution in [3.63, 3.8) is 0 Å². The minimum Gasteiger partial charge on any atom is -0.370 e. The van der Waals surface area contributed by atoms with Gasteiger partial charge in [0, 0.05) is 18.5 Å². The second-order valence-corrected chi connectivity index (χ2v) is 5.65. The van der Waals surface area contributed by atoms with Crippen molar-refractivity contribution in [1.29, 1.82) is 0 Å². The highest BCUT2D eigenvalue weighted by Crippen LogP contribution is 2.31. The maximum absolute atomic E-state index is 11.0. The highest BCUT2D eigenvalue weighted by atomic mass is 35.5. The molecule has 1 aromatic heterocycles. The predicted molar refractivity (Wildman–Crippen MR) is 79.9 cm³/mol. The minimum absolute atomic E-state index is 0.171. The number of anilines is 2. The Morgan fingerprint density at radius 2 is 1.95 bits per heavy atom. The van der Waals surface area contributed by atoms with E-state index in [0.29, 0.717) is 28.2 Å². The number of carbonyl (C=O) groups excluding carboxylic acids is 1. The average Bonchev–Trinajstić information content (AvgIpc) is 2.23. The van der Waals surface area contributed by atoms with Crippen molar-refractivity contribution in [2.24, 2.45) is 5.73 Å². The summed E-state index contributed by atoms with van der Waals surface area (Å²) in [6.07, 6.45) is 0.171. The van der Waals surface area contributed by atoms with Crippen LogP contribution in [0.1, 0.15) is 27.2 Å². The molecule has 0 aliphatic heterocycles. The molecule has 0 atom stereocenters. The third-order valence-corrected chi connectivity index (χ3v) is 2.92. The minimum atomic E-state index is -0.542. The van der Waals surface area contributed by atoms with Crippen molar-refractivity contribution < 1.29 is 4.79 Å². The van der Waals surface area contributed by atoms with E-state index in [-0.39, 0.29) is 6.42 Å². The fraction of sp³-hybridized carbons (Fsp3) is 0.500. The normalized spacial score (nSPS) is 11.2. The first kappa shape index (κ1) is 15.9. The van der Waals surface area contributed by atoms with Gasteiger partial charge in [-0.15, -0.1) is 0 Å². The summed E-state index contributed by atoms with van der Waals surface area (Å²) in [5.74, 6) is 0.619. The number of amides is 1. The number of primary amides is 1. The molecule has 0 aliphatic rings. The molecule has 0 fully saturated rings. The Hall–Kier alpha value is -1.20. The van der Waals surface area contributed by atoms with Gasteiger partial charge in [0.25, 0.3) is 0 Å². The Bertz CT molecular complexity index is 477. The number of nitrogens with two attached hydrogens (primary N) is 1. The number of hydrogen-bond acceptors (Lipinski definition) is 4. The van der Waals surface area contributed by atoms with Gasteiger partial charge < -0.3 is 16.4 Å². The monoisotopic (exact) mass is 304 g/mol. The molecule has 4 N–H and O–H groups in total. The van der Waals surface area contributed by atoms with Gasteiger partial charge in [-0.2, -0.15) is 0 Å². The van der Waals surface area contributed by atoms with Crippen LogP contribution in [0, 0.1) is 0 Å². The van der Waals surface area contributed by atoms with Gasteiger partial charge >= 0.3 is 0 Å². The number of aromatic nitrogens is 1. The van der Waals surface area contributed by atoms with Gasteiger partial charge in [0.2, 0.25) is 5.91 Å². The molecule has 0 saturated heterocycles. The zero-order valence-corrected chi connectivity index (χ0v) is 12.7. The Labute approximate surface area is 122 Å². The fourth-order valence-corrected chi connectivity index (χ4v) is 2.12. The van der Waals surface area contributed by atoms with E-state index in [2.05, 4.69) is 15.6 Å². The van der Waals surface area contributed by atoms with Crippen molar-refractivity contribution in [1.82, 2.24) is 4.98 Å². The third kappa shape index (κ3) is 4.76.